The molecule has 2 heterocycles. The summed E-state index contributed by atoms with van der Waals surface area (Å²) >= 11 is 0. The topological polar surface area (TPSA) is 33.2 Å². The predicted molar refractivity (Wildman–Crippen MR) is 155 cm³/mol. The van der Waals surface area contributed by atoms with Gasteiger partial charge in [-0.25, -0.2) is 0 Å². The first-order chi connectivity index (χ1) is 17.9. The summed E-state index contributed by atoms with van der Waals surface area (Å²) in [5, 5.41) is 11.4. The van der Waals surface area contributed by atoms with Gasteiger partial charge in [-0.15, -0.1) is 0 Å². The van der Waals surface area contributed by atoms with Crippen LogP contribution in [0.3, 0.4) is 0 Å². The highest BCUT2D eigenvalue weighted by atomic mass is 16.3. The third-order valence-electron chi connectivity index (χ3n) is 7.91. The summed E-state index contributed by atoms with van der Waals surface area (Å²) < 4.78 is 0. The largest absolute Gasteiger partial charge is 0.507 e. The highest BCUT2D eigenvalue weighted by Gasteiger charge is 2.24. The maximum Gasteiger partial charge on any atom is 0.124 e. The van der Waals surface area contributed by atoms with Gasteiger partial charge < -0.3 is 14.9 Å². The molecule has 5 rings (SSSR count). The molecule has 3 aromatic carbocycles. The van der Waals surface area contributed by atoms with Gasteiger partial charge in [-0.1, -0.05) is 69.3 Å². The molecule has 1 N–H and O–H groups in total. The van der Waals surface area contributed by atoms with Crippen LogP contribution in [0.15, 0.2) is 72.8 Å². The first-order valence-corrected chi connectivity index (χ1v) is 13.8. The minimum atomic E-state index is 0.0369. The molecule has 0 unspecified atom stereocenters. The van der Waals surface area contributed by atoms with Crippen molar-refractivity contribution in [3.8, 4) is 5.75 Å². The molecule has 0 amide bonds. The molecule has 0 aliphatic carbocycles. The average molecular weight is 499 g/mol. The molecule has 2 aliphatic rings. The summed E-state index contributed by atoms with van der Waals surface area (Å²) in [5.74, 6) is 0.490. The Bertz CT molecular complexity index is 1060. The molecular formula is C32H42N4O. The van der Waals surface area contributed by atoms with Gasteiger partial charge in [-0.3, -0.25) is 9.80 Å². The maximum atomic E-state index is 11.4. The number of para-hydroxylation sites is 2. The molecule has 5 heteroatoms. The Kier molecular flexibility index (Phi) is 7.73. The van der Waals surface area contributed by atoms with E-state index in [1.165, 1.54) is 16.9 Å². The van der Waals surface area contributed by atoms with Crippen molar-refractivity contribution in [3.63, 3.8) is 0 Å². The van der Waals surface area contributed by atoms with Crippen molar-refractivity contribution < 1.29 is 5.11 Å². The number of benzene rings is 3. The van der Waals surface area contributed by atoms with Crippen molar-refractivity contribution in [2.45, 2.75) is 39.3 Å². The van der Waals surface area contributed by atoms with Crippen LogP contribution in [0.25, 0.3) is 0 Å². The second kappa shape index (κ2) is 11.2. The Hall–Kier alpha value is -3.02. The minimum absolute atomic E-state index is 0.0369. The molecule has 0 radical (unpaired) electrons. The zero-order valence-electron chi connectivity index (χ0n) is 22.7. The smallest absolute Gasteiger partial charge is 0.124 e. The highest BCUT2D eigenvalue weighted by Crippen LogP contribution is 2.33. The van der Waals surface area contributed by atoms with Gasteiger partial charge in [-0.2, -0.15) is 0 Å². The van der Waals surface area contributed by atoms with Gasteiger partial charge in [0.15, 0.2) is 0 Å². The maximum absolute atomic E-state index is 11.4. The minimum Gasteiger partial charge on any atom is -0.507 e. The van der Waals surface area contributed by atoms with Crippen LogP contribution in [0.5, 0.6) is 5.75 Å². The van der Waals surface area contributed by atoms with E-state index >= 15 is 0 Å². The third-order valence-corrected chi connectivity index (χ3v) is 7.91. The van der Waals surface area contributed by atoms with Crippen molar-refractivity contribution in [2.24, 2.45) is 0 Å². The van der Waals surface area contributed by atoms with E-state index in [9.17, 15) is 5.11 Å². The number of anilines is 2. The van der Waals surface area contributed by atoms with E-state index in [-0.39, 0.29) is 5.41 Å². The molecule has 0 saturated carbocycles. The summed E-state index contributed by atoms with van der Waals surface area (Å²) in [7, 11) is 0. The quantitative estimate of drug-likeness (QED) is 0.497. The number of aromatic hydroxyl groups is 1. The Morgan fingerprint density at radius 1 is 0.595 bits per heavy atom. The molecule has 0 aromatic heterocycles. The number of piperazine rings is 2. The second-order valence-corrected chi connectivity index (χ2v) is 11.6. The fraction of sp³-hybridized carbons (Fsp3) is 0.438. The summed E-state index contributed by atoms with van der Waals surface area (Å²) in [5.41, 5.74) is 6.08. The predicted octanol–water partition coefficient (Wildman–Crippen LogP) is 5.33. The van der Waals surface area contributed by atoms with Crippen molar-refractivity contribution >= 4 is 11.4 Å². The average Bonchev–Trinajstić information content (AvgIpc) is 2.92. The zero-order chi connectivity index (χ0) is 25.8. The lowest BCUT2D eigenvalue weighted by molar-refractivity contribution is 0.239. The van der Waals surface area contributed by atoms with Crippen molar-refractivity contribution in [1.29, 1.82) is 0 Å². The van der Waals surface area contributed by atoms with E-state index in [2.05, 4.69) is 113 Å². The normalized spacial score (nSPS) is 17.8. The van der Waals surface area contributed by atoms with Crippen LogP contribution >= 0.6 is 0 Å². The molecule has 3 aromatic rings. The van der Waals surface area contributed by atoms with Gasteiger partial charge in [0.2, 0.25) is 0 Å². The van der Waals surface area contributed by atoms with E-state index in [1.807, 2.05) is 0 Å². The summed E-state index contributed by atoms with van der Waals surface area (Å²) in [6.07, 6.45) is 0. The second-order valence-electron chi connectivity index (χ2n) is 11.6. The molecule has 37 heavy (non-hydrogen) atoms. The van der Waals surface area contributed by atoms with Gasteiger partial charge in [-0.05, 0) is 35.2 Å². The van der Waals surface area contributed by atoms with Crippen LogP contribution in [-0.4, -0.2) is 67.3 Å². The SMILES string of the molecule is CC(C)(C)c1cc(CN2CCN(c3ccccc3)CC2)c(O)c(CN2CCN(c3ccccc3)CC2)c1. The first kappa shape index (κ1) is 25.6. The molecule has 2 saturated heterocycles. The van der Waals surface area contributed by atoms with Crippen LogP contribution in [-0.2, 0) is 18.5 Å². The van der Waals surface area contributed by atoms with E-state index in [0.29, 0.717) is 5.75 Å². The van der Waals surface area contributed by atoms with E-state index in [0.717, 1.165) is 76.6 Å². The summed E-state index contributed by atoms with van der Waals surface area (Å²) in [4.78, 5) is 9.90. The standard InChI is InChI=1S/C32H42N4O/c1-32(2,3)28-22-26(24-33-14-18-35(19-15-33)29-10-6-4-7-11-29)31(37)27(23-28)25-34-16-20-36(21-17-34)30-12-8-5-9-13-30/h4-13,22-23,37H,14-21,24-25H2,1-3H3. The molecule has 0 spiro atoms. The van der Waals surface area contributed by atoms with Crippen LogP contribution in [0.4, 0.5) is 11.4 Å². The molecule has 196 valence electrons. The number of hydrogen-bond donors (Lipinski definition) is 1. The van der Waals surface area contributed by atoms with E-state index in [1.54, 1.807) is 0 Å². The Morgan fingerprint density at radius 3 is 1.32 bits per heavy atom. The lowest BCUT2D eigenvalue weighted by atomic mass is 9.84. The van der Waals surface area contributed by atoms with Crippen LogP contribution in [0.1, 0.15) is 37.5 Å². The van der Waals surface area contributed by atoms with E-state index < -0.39 is 0 Å². The van der Waals surface area contributed by atoms with Gasteiger partial charge in [0.05, 0.1) is 0 Å². The molecule has 0 bridgehead atoms. The van der Waals surface area contributed by atoms with Crippen LogP contribution in [0.2, 0.25) is 0 Å². The van der Waals surface area contributed by atoms with Gasteiger partial charge >= 0.3 is 0 Å². The van der Waals surface area contributed by atoms with Crippen molar-refractivity contribution in [3.05, 3.63) is 89.5 Å². The molecule has 0 atom stereocenters. The lowest BCUT2D eigenvalue weighted by Crippen LogP contribution is -2.46. The third kappa shape index (κ3) is 6.28. The van der Waals surface area contributed by atoms with Crippen molar-refractivity contribution in [2.75, 3.05) is 62.2 Å². The molecule has 2 fully saturated rings. The summed E-state index contributed by atoms with van der Waals surface area (Å²) in [6.45, 7) is 16.5. The fourth-order valence-corrected chi connectivity index (χ4v) is 5.52. The Labute approximate surface area is 222 Å². The Balaban J connectivity index is 1.26. The number of hydrogen-bond acceptors (Lipinski definition) is 5. The molecular weight excluding hydrogens is 456 g/mol. The van der Waals surface area contributed by atoms with Crippen molar-refractivity contribution in [1.82, 2.24) is 9.80 Å². The zero-order valence-corrected chi connectivity index (χ0v) is 22.7. The van der Waals surface area contributed by atoms with Crippen LogP contribution < -0.4 is 9.80 Å². The van der Waals surface area contributed by atoms with E-state index in [4.69, 9.17) is 0 Å². The first-order valence-electron chi connectivity index (χ1n) is 13.8. The highest BCUT2D eigenvalue weighted by molar-refractivity contribution is 5.48. The lowest BCUT2D eigenvalue weighted by Gasteiger charge is -2.37. The summed E-state index contributed by atoms with van der Waals surface area (Å²) in [6, 6.07) is 25.9. The van der Waals surface area contributed by atoms with Gasteiger partial charge in [0, 0.05) is 87.9 Å². The number of phenolic OH excluding ortho intramolecular Hbond substituents is 1. The molecule has 2 aliphatic heterocycles. The van der Waals surface area contributed by atoms with Gasteiger partial charge in [0.1, 0.15) is 5.75 Å². The fourth-order valence-electron chi connectivity index (χ4n) is 5.52. The molecule has 5 nitrogen and oxygen atoms in total. The van der Waals surface area contributed by atoms with Gasteiger partial charge in [0.25, 0.3) is 0 Å². The number of phenols is 1. The monoisotopic (exact) mass is 498 g/mol. The Morgan fingerprint density at radius 2 is 0.973 bits per heavy atom. The number of nitrogens with zero attached hydrogens (tertiary/aromatic N) is 4. The van der Waals surface area contributed by atoms with Crippen LogP contribution in [0, 0.1) is 0 Å². The number of rotatable bonds is 6.